The molecule has 0 fully saturated rings. The summed E-state index contributed by atoms with van der Waals surface area (Å²) in [6, 6.07) is 4.17. The average Bonchev–Trinajstić information content (AvgIpc) is 3.03. The van der Waals surface area contributed by atoms with E-state index < -0.39 is 0 Å². The molecule has 2 heterocycles. The summed E-state index contributed by atoms with van der Waals surface area (Å²) in [7, 11) is 3.65. The molecule has 21 heavy (non-hydrogen) atoms. The molecule has 116 valence electrons. The summed E-state index contributed by atoms with van der Waals surface area (Å²) < 4.78 is 9.11. The Morgan fingerprint density at radius 2 is 2.24 bits per heavy atom. The number of hydrogen-bond acceptors (Lipinski definition) is 3. The van der Waals surface area contributed by atoms with Crippen molar-refractivity contribution in [1.82, 2.24) is 19.7 Å². The van der Waals surface area contributed by atoms with Crippen molar-refractivity contribution in [2.75, 3.05) is 20.3 Å². The van der Waals surface area contributed by atoms with Crippen molar-refractivity contribution < 1.29 is 4.74 Å². The van der Waals surface area contributed by atoms with Crippen LogP contribution in [0.5, 0.6) is 0 Å². The summed E-state index contributed by atoms with van der Waals surface area (Å²) in [5.74, 6) is 0. The molecule has 0 bridgehead atoms. The number of hydrogen-bond donors (Lipinski definition) is 1. The van der Waals surface area contributed by atoms with Crippen molar-refractivity contribution in [1.29, 1.82) is 0 Å². The highest BCUT2D eigenvalue weighted by molar-refractivity contribution is 6.31. The summed E-state index contributed by atoms with van der Waals surface area (Å²) in [6.07, 6.45) is 2.92. The van der Waals surface area contributed by atoms with Crippen molar-refractivity contribution in [2.45, 2.75) is 26.4 Å². The van der Waals surface area contributed by atoms with E-state index in [1.54, 1.807) is 7.11 Å². The van der Waals surface area contributed by atoms with Gasteiger partial charge in [0.15, 0.2) is 0 Å². The highest BCUT2D eigenvalue weighted by atomic mass is 35.5. The zero-order valence-corrected chi connectivity index (χ0v) is 13.7. The summed E-state index contributed by atoms with van der Waals surface area (Å²) in [6.45, 7) is 5.17. The maximum atomic E-state index is 6.42. The van der Waals surface area contributed by atoms with Crippen LogP contribution >= 0.6 is 11.6 Å². The van der Waals surface area contributed by atoms with Gasteiger partial charge in [-0.15, -0.1) is 0 Å². The Bertz CT molecular complexity index is 576. The average molecular weight is 311 g/mol. The first kappa shape index (κ1) is 16.1. The van der Waals surface area contributed by atoms with Crippen molar-refractivity contribution in [2.24, 2.45) is 7.05 Å². The van der Waals surface area contributed by atoms with Gasteiger partial charge in [0.2, 0.25) is 0 Å². The fourth-order valence-corrected chi connectivity index (χ4v) is 2.66. The third kappa shape index (κ3) is 3.87. The van der Waals surface area contributed by atoms with Crippen LogP contribution in [0.3, 0.4) is 0 Å². The maximum absolute atomic E-state index is 6.42. The van der Waals surface area contributed by atoms with E-state index in [9.17, 15) is 0 Å². The van der Waals surface area contributed by atoms with Crippen LogP contribution in [0.4, 0.5) is 0 Å². The first-order valence-electron chi connectivity index (χ1n) is 7.21. The molecule has 2 aromatic heterocycles. The van der Waals surface area contributed by atoms with Crippen molar-refractivity contribution in [3.8, 4) is 0 Å². The lowest BCUT2D eigenvalue weighted by Crippen LogP contribution is -2.20. The minimum atomic E-state index is 0.716. The fraction of sp³-hybridized carbons (Fsp3) is 0.533. The van der Waals surface area contributed by atoms with Crippen LogP contribution < -0.4 is 5.32 Å². The van der Waals surface area contributed by atoms with Gasteiger partial charge in [-0.05, 0) is 18.6 Å². The van der Waals surface area contributed by atoms with Crippen LogP contribution in [0.2, 0.25) is 5.02 Å². The van der Waals surface area contributed by atoms with Crippen LogP contribution in [0.15, 0.2) is 18.3 Å². The molecule has 0 spiro atoms. The number of halogens is 1. The molecule has 0 aliphatic rings. The Hall–Kier alpha value is -1.30. The van der Waals surface area contributed by atoms with Gasteiger partial charge in [-0.1, -0.05) is 18.5 Å². The molecule has 6 heteroatoms. The van der Waals surface area contributed by atoms with Crippen molar-refractivity contribution in [3.05, 3.63) is 40.4 Å². The molecule has 1 N–H and O–H groups in total. The van der Waals surface area contributed by atoms with Gasteiger partial charge in [0.1, 0.15) is 0 Å². The number of ether oxygens (including phenoxy) is 1. The van der Waals surface area contributed by atoms with E-state index in [2.05, 4.69) is 40.2 Å². The number of rotatable bonds is 8. The third-order valence-corrected chi connectivity index (χ3v) is 3.97. The monoisotopic (exact) mass is 310 g/mol. The fourth-order valence-electron chi connectivity index (χ4n) is 2.31. The zero-order valence-electron chi connectivity index (χ0n) is 12.9. The lowest BCUT2D eigenvalue weighted by Gasteiger charge is -2.11. The van der Waals surface area contributed by atoms with E-state index in [1.165, 1.54) is 5.69 Å². The highest BCUT2D eigenvalue weighted by Gasteiger charge is 2.14. The number of aromatic nitrogens is 3. The van der Waals surface area contributed by atoms with Crippen molar-refractivity contribution >= 4 is 11.6 Å². The summed E-state index contributed by atoms with van der Waals surface area (Å²) in [4.78, 5) is 0. The summed E-state index contributed by atoms with van der Waals surface area (Å²) in [5, 5.41) is 8.61. The lowest BCUT2D eigenvalue weighted by atomic mass is 10.3. The molecular weight excluding hydrogens is 288 g/mol. The van der Waals surface area contributed by atoms with Crippen LogP contribution in [0, 0.1) is 0 Å². The largest absolute Gasteiger partial charge is 0.383 e. The number of methoxy groups -OCH3 is 1. The van der Waals surface area contributed by atoms with Crippen LogP contribution in [-0.4, -0.2) is 34.6 Å². The summed E-state index contributed by atoms with van der Waals surface area (Å²) in [5.41, 5.74) is 3.23. The van der Waals surface area contributed by atoms with Gasteiger partial charge in [0.05, 0.1) is 29.6 Å². The number of nitrogens with zero attached hydrogens (tertiary/aromatic N) is 3. The zero-order chi connectivity index (χ0) is 15.2. The minimum absolute atomic E-state index is 0.716. The predicted octanol–water partition coefficient (Wildman–Crippen LogP) is 2.22. The molecule has 0 aliphatic heterocycles. The molecule has 0 radical (unpaired) electrons. The van der Waals surface area contributed by atoms with Gasteiger partial charge < -0.3 is 14.6 Å². The normalized spacial score (nSPS) is 11.2. The Labute approximate surface area is 130 Å². The van der Waals surface area contributed by atoms with Gasteiger partial charge >= 0.3 is 0 Å². The van der Waals surface area contributed by atoms with E-state index in [-0.39, 0.29) is 0 Å². The minimum Gasteiger partial charge on any atom is -0.383 e. The van der Waals surface area contributed by atoms with E-state index >= 15 is 0 Å². The third-order valence-electron chi connectivity index (χ3n) is 3.54. The van der Waals surface area contributed by atoms with E-state index in [0.717, 1.165) is 42.5 Å². The highest BCUT2D eigenvalue weighted by Crippen LogP contribution is 2.22. The Kier molecular flexibility index (Phi) is 5.85. The second kappa shape index (κ2) is 7.64. The molecule has 0 atom stereocenters. The van der Waals surface area contributed by atoms with Gasteiger partial charge in [-0.2, -0.15) is 5.10 Å². The van der Waals surface area contributed by atoms with Crippen LogP contribution in [0.1, 0.15) is 24.0 Å². The van der Waals surface area contributed by atoms with Crippen molar-refractivity contribution in [3.63, 3.8) is 0 Å². The molecule has 0 amide bonds. The van der Waals surface area contributed by atoms with Gasteiger partial charge in [-0.25, -0.2) is 0 Å². The smallest absolute Gasteiger partial charge is 0.0868 e. The SMILES string of the molecule is CCc1nn(C)c(Cn2cccc2CNCCOC)c1Cl. The Morgan fingerprint density at radius 3 is 2.90 bits per heavy atom. The van der Waals surface area contributed by atoms with E-state index in [0.29, 0.717) is 6.61 Å². The Balaban J connectivity index is 2.07. The molecule has 0 saturated carbocycles. The molecular formula is C15H23ClN4O. The molecule has 5 nitrogen and oxygen atoms in total. The van der Waals surface area contributed by atoms with Gasteiger partial charge in [-0.3, -0.25) is 4.68 Å². The maximum Gasteiger partial charge on any atom is 0.0868 e. The van der Waals surface area contributed by atoms with Gasteiger partial charge in [0, 0.05) is 39.1 Å². The molecule has 0 aliphatic carbocycles. The quantitative estimate of drug-likeness (QED) is 0.760. The second-order valence-corrected chi connectivity index (χ2v) is 5.36. The predicted molar refractivity (Wildman–Crippen MR) is 84.7 cm³/mol. The first-order valence-corrected chi connectivity index (χ1v) is 7.59. The number of nitrogens with one attached hydrogen (secondary N) is 1. The topological polar surface area (TPSA) is 44.0 Å². The van der Waals surface area contributed by atoms with Crippen LogP contribution in [-0.2, 0) is 31.3 Å². The molecule has 0 aromatic carbocycles. The lowest BCUT2D eigenvalue weighted by molar-refractivity contribution is 0.199. The van der Waals surface area contributed by atoms with E-state index in [1.807, 2.05) is 11.7 Å². The molecule has 2 rings (SSSR count). The van der Waals surface area contributed by atoms with Crippen LogP contribution in [0.25, 0.3) is 0 Å². The Morgan fingerprint density at radius 1 is 1.43 bits per heavy atom. The number of aryl methyl sites for hydroxylation is 2. The second-order valence-electron chi connectivity index (χ2n) is 4.98. The van der Waals surface area contributed by atoms with E-state index in [4.69, 9.17) is 16.3 Å². The standard InChI is InChI=1S/C15H23ClN4O/c1-4-13-15(16)14(19(2)18-13)11-20-8-5-6-12(20)10-17-7-9-21-3/h5-6,8,17H,4,7,9-11H2,1-3H3. The van der Waals surface area contributed by atoms with Gasteiger partial charge in [0.25, 0.3) is 0 Å². The molecule has 2 aromatic rings. The molecule has 0 unspecified atom stereocenters. The molecule has 0 saturated heterocycles. The first-order chi connectivity index (χ1) is 10.2. The summed E-state index contributed by atoms with van der Waals surface area (Å²) >= 11 is 6.42.